The first-order valence-corrected chi connectivity index (χ1v) is 30.2. The normalized spacial score (nSPS) is 12.8. The summed E-state index contributed by atoms with van der Waals surface area (Å²) >= 11 is 0. The van der Waals surface area contributed by atoms with Gasteiger partial charge in [-0.3, -0.25) is 14.4 Å². The summed E-state index contributed by atoms with van der Waals surface area (Å²) in [7, 11) is 0. The fourth-order valence-corrected chi connectivity index (χ4v) is 8.38. The molecule has 72 heavy (non-hydrogen) atoms. The molecule has 0 radical (unpaired) electrons. The number of carbonyl (C=O) groups excluding carboxylic acids is 3. The molecule has 0 aliphatic heterocycles. The largest absolute Gasteiger partial charge is 0.462 e. The van der Waals surface area contributed by atoms with E-state index in [1.807, 2.05) is 0 Å². The second kappa shape index (κ2) is 59.9. The molecule has 0 aliphatic carbocycles. The van der Waals surface area contributed by atoms with Gasteiger partial charge >= 0.3 is 17.9 Å². The molecule has 0 aromatic heterocycles. The van der Waals surface area contributed by atoms with E-state index < -0.39 is 6.10 Å². The maximum absolute atomic E-state index is 12.9. The summed E-state index contributed by atoms with van der Waals surface area (Å²) in [5, 5.41) is 0. The van der Waals surface area contributed by atoms with Crippen LogP contribution < -0.4 is 0 Å². The molecule has 0 saturated carbocycles. The van der Waals surface area contributed by atoms with E-state index in [0.29, 0.717) is 19.3 Å². The molecule has 0 N–H and O–H groups in total. The number of rotatable bonds is 54. The summed E-state index contributed by atoms with van der Waals surface area (Å²) in [4.78, 5) is 38.2. The molecule has 0 saturated heterocycles. The highest BCUT2D eigenvalue weighted by molar-refractivity contribution is 5.71. The van der Waals surface area contributed by atoms with Gasteiger partial charge in [-0.05, 0) is 89.9 Å². The molecule has 1 atom stereocenters. The van der Waals surface area contributed by atoms with Crippen LogP contribution in [-0.4, -0.2) is 37.2 Å². The molecule has 6 heteroatoms. The van der Waals surface area contributed by atoms with Crippen LogP contribution in [0.25, 0.3) is 0 Å². The Kier molecular flexibility index (Phi) is 56.8. The maximum Gasteiger partial charge on any atom is 0.306 e. The lowest BCUT2D eigenvalue weighted by Crippen LogP contribution is -2.30. The van der Waals surface area contributed by atoms with Crippen LogP contribution in [0.5, 0.6) is 0 Å². The number of esters is 3. The van der Waals surface area contributed by atoms with Crippen molar-refractivity contribution in [2.24, 2.45) is 0 Å². The van der Waals surface area contributed by atoms with E-state index in [-0.39, 0.29) is 37.5 Å². The molecule has 0 aliphatic rings. The Bertz CT molecular complexity index is 1430. The standard InChI is InChI=1S/C66H112O6/c1-4-7-10-13-16-19-22-25-28-31-33-36-38-41-44-47-50-53-56-59-65(68)71-62-63(61-70-64(67)58-55-52-49-46-43-40-37-34-30-27-24-21-18-15-12-9-6-3)72-66(69)60-57-54-51-48-45-42-39-35-32-29-26-23-20-17-14-11-8-5-2/h7,9-10,12,16,18-19,21,25,27-28,30,37,40,46,49,63H,4-6,8,11,13-15,17,20,22-24,26,29,31-36,38-39,41-45,47-48,50-62H2,1-3H3/b10-7-,12-9-,19-16-,21-18-,28-25-,30-27-,40-37-,49-46-. The van der Waals surface area contributed by atoms with Crippen molar-refractivity contribution in [2.45, 2.75) is 290 Å². The Morgan fingerprint density at radius 1 is 0.292 bits per heavy atom. The number of unbranched alkanes of at least 4 members (excludes halogenated alkanes) is 27. The highest BCUT2D eigenvalue weighted by Gasteiger charge is 2.19. The van der Waals surface area contributed by atoms with Gasteiger partial charge in [0.25, 0.3) is 0 Å². The number of hydrogen-bond acceptors (Lipinski definition) is 6. The molecule has 412 valence electrons. The van der Waals surface area contributed by atoms with Gasteiger partial charge in [-0.1, -0.05) is 272 Å². The lowest BCUT2D eigenvalue weighted by Gasteiger charge is -2.18. The van der Waals surface area contributed by atoms with Crippen molar-refractivity contribution in [3.8, 4) is 0 Å². The van der Waals surface area contributed by atoms with Crippen LogP contribution in [0.2, 0.25) is 0 Å². The minimum atomic E-state index is -0.803. The van der Waals surface area contributed by atoms with Gasteiger partial charge in [0, 0.05) is 19.3 Å². The van der Waals surface area contributed by atoms with E-state index in [1.54, 1.807) is 0 Å². The van der Waals surface area contributed by atoms with Crippen molar-refractivity contribution in [1.82, 2.24) is 0 Å². The first-order chi connectivity index (χ1) is 35.5. The summed E-state index contributed by atoms with van der Waals surface area (Å²) in [6, 6.07) is 0. The van der Waals surface area contributed by atoms with Crippen LogP contribution >= 0.6 is 0 Å². The SMILES string of the molecule is CC/C=C\C/C=C\C/C=C\C/C=C\C/C=C\CCCC(=O)OCC(COC(=O)CCCCCCCCCCC/C=C\C/C=C\C/C=C\CC)OC(=O)CCCCCCCCCCCCCCCCCCCC. The van der Waals surface area contributed by atoms with Gasteiger partial charge < -0.3 is 14.2 Å². The first kappa shape index (κ1) is 68.3. The number of allylic oxidation sites excluding steroid dienone is 16. The van der Waals surface area contributed by atoms with E-state index in [1.165, 1.54) is 141 Å². The predicted molar refractivity (Wildman–Crippen MR) is 311 cm³/mol. The summed E-state index contributed by atoms with van der Waals surface area (Å²) in [6.07, 6.45) is 79.8. The van der Waals surface area contributed by atoms with Crippen LogP contribution in [0.15, 0.2) is 97.2 Å². The Balaban J connectivity index is 4.45. The molecular weight excluding hydrogens is 889 g/mol. The zero-order valence-corrected chi connectivity index (χ0v) is 47.2. The fourth-order valence-electron chi connectivity index (χ4n) is 8.38. The highest BCUT2D eigenvalue weighted by Crippen LogP contribution is 2.16. The molecule has 1 unspecified atom stereocenters. The molecule has 0 spiro atoms. The molecule has 0 bridgehead atoms. The highest BCUT2D eigenvalue weighted by atomic mass is 16.6. The van der Waals surface area contributed by atoms with E-state index in [2.05, 4.69) is 118 Å². The van der Waals surface area contributed by atoms with Crippen molar-refractivity contribution >= 4 is 17.9 Å². The molecule has 6 nitrogen and oxygen atoms in total. The summed E-state index contributed by atoms with van der Waals surface area (Å²) < 4.78 is 16.9. The third-order valence-electron chi connectivity index (χ3n) is 12.8. The van der Waals surface area contributed by atoms with Gasteiger partial charge in [0.05, 0.1) is 0 Å². The van der Waals surface area contributed by atoms with Crippen LogP contribution in [0.3, 0.4) is 0 Å². The average Bonchev–Trinajstić information content (AvgIpc) is 3.38. The third kappa shape index (κ3) is 57.2. The van der Waals surface area contributed by atoms with E-state index in [9.17, 15) is 14.4 Å². The molecular formula is C66H112O6. The lowest BCUT2D eigenvalue weighted by molar-refractivity contribution is -0.167. The van der Waals surface area contributed by atoms with Crippen LogP contribution in [0, 0.1) is 0 Å². The van der Waals surface area contributed by atoms with Gasteiger partial charge in [0.2, 0.25) is 0 Å². The Labute approximate surface area is 445 Å². The molecule has 0 aromatic rings. The first-order valence-electron chi connectivity index (χ1n) is 30.2. The number of hydrogen-bond donors (Lipinski definition) is 0. The van der Waals surface area contributed by atoms with E-state index in [0.717, 1.165) is 96.3 Å². The van der Waals surface area contributed by atoms with E-state index in [4.69, 9.17) is 14.2 Å². The van der Waals surface area contributed by atoms with Crippen LogP contribution in [-0.2, 0) is 28.6 Å². The monoisotopic (exact) mass is 1000 g/mol. The fraction of sp³-hybridized carbons (Fsp3) is 0.712. The van der Waals surface area contributed by atoms with Crippen molar-refractivity contribution in [3.05, 3.63) is 97.2 Å². The van der Waals surface area contributed by atoms with Gasteiger partial charge in [0.15, 0.2) is 6.10 Å². The van der Waals surface area contributed by atoms with Gasteiger partial charge in [0.1, 0.15) is 13.2 Å². The summed E-state index contributed by atoms with van der Waals surface area (Å²) in [5.74, 6) is -0.953. The molecule has 0 fully saturated rings. The zero-order valence-electron chi connectivity index (χ0n) is 47.2. The minimum absolute atomic E-state index is 0.0964. The van der Waals surface area contributed by atoms with Crippen LogP contribution in [0.4, 0.5) is 0 Å². The second-order valence-corrected chi connectivity index (χ2v) is 19.9. The van der Waals surface area contributed by atoms with Crippen molar-refractivity contribution < 1.29 is 28.6 Å². The molecule has 0 heterocycles. The molecule has 0 amide bonds. The molecule has 0 aromatic carbocycles. The zero-order chi connectivity index (χ0) is 52.2. The quantitative estimate of drug-likeness (QED) is 0.0261. The maximum atomic E-state index is 12.9. The smallest absolute Gasteiger partial charge is 0.306 e. The minimum Gasteiger partial charge on any atom is -0.462 e. The van der Waals surface area contributed by atoms with Gasteiger partial charge in [-0.15, -0.1) is 0 Å². The average molecular weight is 1000 g/mol. The van der Waals surface area contributed by atoms with Gasteiger partial charge in [-0.25, -0.2) is 0 Å². The topological polar surface area (TPSA) is 78.9 Å². The van der Waals surface area contributed by atoms with Gasteiger partial charge in [-0.2, -0.15) is 0 Å². The lowest BCUT2D eigenvalue weighted by atomic mass is 10.0. The van der Waals surface area contributed by atoms with Crippen LogP contribution in [0.1, 0.15) is 284 Å². The Morgan fingerprint density at radius 2 is 0.556 bits per heavy atom. The van der Waals surface area contributed by atoms with Crippen molar-refractivity contribution in [3.63, 3.8) is 0 Å². The number of ether oxygens (including phenoxy) is 3. The van der Waals surface area contributed by atoms with Crippen molar-refractivity contribution in [1.29, 1.82) is 0 Å². The van der Waals surface area contributed by atoms with Crippen molar-refractivity contribution in [2.75, 3.05) is 13.2 Å². The van der Waals surface area contributed by atoms with E-state index >= 15 is 0 Å². The predicted octanol–water partition coefficient (Wildman–Crippen LogP) is 20.5. The Morgan fingerprint density at radius 3 is 0.903 bits per heavy atom. The summed E-state index contributed by atoms with van der Waals surface area (Å²) in [5.41, 5.74) is 0. The molecule has 0 rings (SSSR count). The third-order valence-corrected chi connectivity index (χ3v) is 12.8. The number of carbonyl (C=O) groups is 3. The second-order valence-electron chi connectivity index (χ2n) is 19.9. The Hall–Kier alpha value is -3.67. The summed E-state index contributed by atoms with van der Waals surface area (Å²) in [6.45, 7) is 6.39.